The van der Waals surface area contributed by atoms with Gasteiger partial charge in [-0.3, -0.25) is 13.9 Å². The number of hydrogen-bond acceptors (Lipinski definition) is 4. The van der Waals surface area contributed by atoms with Gasteiger partial charge in [0.1, 0.15) is 12.6 Å². The fraction of sp³-hybridized carbons (Fsp3) is 0.235. The Morgan fingerprint density at radius 3 is 2.00 bits per heavy atom. The lowest BCUT2D eigenvalue weighted by Crippen LogP contribution is -2.54. The fourth-order valence-corrected chi connectivity index (χ4v) is 6.94. The van der Waals surface area contributed by atoms with E-state index in [4.69, 9.17) is 34.8 Å². The number of nitrogens with one attached hydrogen (secondary N) is 1. The van der Waals surface area contributed by atoms with Crippen LogP contribution in [0.1, 0.15) is 30.5 Å². The molecular weight excluding hydrogens is 653 g/mol. The summed E-state index contributed by atoms with van der Waals surface area (Å²) in [5.41, 5.74) is 2.48. The van der Waals surface area contributed by atoms with Gasteiger partial charge in [0.25, 0.3) is 10.0 Å². The summed E-state index contributed by atoms with van der Waals surface area (Å²) in [4.78, 5) is 29.6. The Labute approximate surface area is 279 Å². The van der Waals surface area contributed by atoms with Crippen LogP contribution in [0.15, 0.2) is 102 Å². The number of aryl methyl sites for hydroxylation is 1. The van der Waals surface area contributed by atoms with E-state index < -0.39 is 28.5 Å². The minimum Gasteiger partial charge on any atom is -0.352 e. The van der Waals surface area contributed by atoms with Gasteiger partial charge in [-0.05, 0) is 74.4 Å². The van der Waals surface area contributed by atoms with Crippen molar-refractivity contribution in [1.82, 2.24) is 10.2 Å². The summed E-state index contributed by atoms with van der Waals surface area (Å²) in [5, 5.41) is 3.79. The standard InChI is InChI=1S/C34H34Cl3N3O4S/c1-23(2)38-34(42)32(17-25-8-5-4-6-9-25)39(21-26-10-7-11-27(35)16-26)33(41)22-40(30-19-28(36)18-29(37)20-30)45(43,44)31-14-12-24(3)13-15-31/h4-16,18-20,23,32H,17,21-22H2,1-3H3,(H,38,42)/t32-/m1/s1. The highest BCUT2D eigenvalue weighted by molar-refractivity contribution is 7.92. The minimum atomic E-state index is -4.29. The lowest BCUT2D eigenvalue weighted by Gasteiger charge is -2.34. The maximum atomic E-state index is 14.5. The Morgan fingerprint density at radius 1 is 0.778 bits per heavy atom. The third-order valence-electron chi connectivity index (χ3n) is 6.97. The second-order valence-electron chi connectivity index (χ2n) is 11.0. The molecule has 0 aromatic heterocycles. The average molecular weight is 687 g/mol. The molecule has 0 aliphatic carbocycles. The largest absolute Gasteiger partial charge is 0.352 e. The lowest BCUT2D eigenvalue weighted by atomic mass is 10.0. The topological polar surface area (TPSA) is 86.8 Å². The van der Waals surface area contributed by atoms with Crippen LogP contribution in [0, 0.1) is 6.92 Å². The molecule has 0 unspecified atom stereocenters. The van der Waals surface area contributed by atoms with Crippen LogP contribution >= 0.6 is 34.8 Å². The summed E-state index contributed by atoms with van der Waals surface area (Å²) in [6, 6.07) is 25.8. The van der Waals surface area contributed by atoms with Gasteiger partial charge < -0.3 is 10.2 Å². The molecule has 0 saturated heterocycles. The van der Waals surface area contributed by atoms with Crippen molar-refractivity contribution in [2.24, 2.45) is 0 Å². The molecule has 4 aromatic carbocycles. The summed E-state index contributed by atoms with van der Waals surface area (Å²) in [5.74, 6) is -0.982. The summed E-state index contributed by atoms with van der Waals surface area (Å²) in [6.07, 6.45) is 0.194. The van der Waals surface area contributed by atoms with Gasteiger partial charge in [-0.25, -0.2) is 8.42 Å². The van der Waals surface area contributed by atoms with Gasteiger partial charge in [-0.15, -0.1) is 0 Å². The maximum Gasteiger partial charge on any atom is 0.264 e. The van der Waals surface area contributed by atoms with E-state index in [1.807, 2.05) is 51.1 Å². The number of rotatable bonds is 12. The zero-order valence-corrected chi connectivity index (χ0v) is 28.2. The van der Waals surface area contributed by atoms with Crippen molar-refractivity contribution in [3.05, 3.63) is 129 Å². The number of amides is 2. The predicted octanol–water partition coefficient (Wildman–Crippen LogP) is 7.32. The van der Waals surface area contributed by atoms with Gasteiger partial charge in [0.2, 0.25) is 11.8 Å². The number of benzene rings is 4. The monoisotopic (exact) mass is 685 g/mol. The molecule has 236 valence electrons. The van der Waals surface area contributed by atoms with Gasteiger partial charge in [0, 0.05) is 34.1 Å². The third kappa shape index (κ3) is 9.23. The van der Waals surface area contributed by atoms with Crippen molar-refractivity contribution in [3.8, 4) is 0 Å². The SMILES string of the molecule is Cc1ccc(S(=O)(=O)N(CC(=O)N(Cc2cccc(Cl)c2)[C@H](Cc2ccccc2)C(=O)NC(C)C)c2cc(Cl)cc(Cl)c2)cc1. The van der Waals surface area contributed by atoms with Gasteiger partial charge in [0.15, 0.2) is 0 Å². The van der Waals surface area contributed by atoms with Gasteiger partial charge >= 0.3 is 0 Å². The number of nitrogens with zero attached hydrogens (tertiary/aromatic N) is 2. The molecule has 1 atom stereocenters. The van der Waals surface area contributed by atoms with Crippen LogP contribution in [0.4, 0.5) is 5.69 Å². The Kier molecular flexibility index (Phi) is 11.6. The van der Waals surface area contributed by atoms with Gasteiger partial charge in [-0.1, -0.05) is 95.0 Å². The Morgan fingerprint density at radius 2 is 1.40 bits per heavy atom. The van der Waals surface area contributed by atoms with Crippen molar-refractivity contribution in [1.29, 1.82) is 0 Å². The lowest BCUT2D eigenvalue weighted by molar-refractivity contribution is -0.140. The molecule has 2 amide bonds. The van der Waals surface area contributed by atoms with Crippen LogP contribution in [0.2, 0.25) is 15.1 Å². The highest BCUT2D eigenvalue weighted by atomic mass is 35.5. The Balaban J connectivity index is 1.83. The van der Waals surface area contributed by atoms with Crippen LogP contribution in [0.25, 0.3) is 0 Å². The first-order chi connectivity index (χ1) is 21.3. The van der Waals surface area contributed by atoms with E-state index >= 15 is 0 Å². The van der Waals surface area contributed by atoms with Crippen molar-refractivity contribution < 1.29 is 18.0 Å². The number of sulfonamides is 1. The van der Waals surface area contributed by atoms with Crippen molar-refractivity contribution >= 4 is 62.3 Å². The maximum absolute atomic E-state index is 14.5. The average Bonchev–Trinajstić information content (AvgIpc) is 2.97. The molecule has 4 rings (SSSR count). The molecule has 0 radical (unpaired) electrons. The molecule has 11 heteroatoms. The molecular formula is C34H34Cl3N3O4S. The van der Waals surface area contributed by atoms with Gasteiger partial charge in [0.05, 0.1) is 10.6 Å². The van der Waals surface area contributed by atoms with Crippen molar-refractivity contribution in [2.75, 3.05) is 10.8 Å². The predicted molar refractivity (Wildman–Crippen MR) is 181 cm³/mol. The summed E-state index contributed by atoms with van der Waals surface area (Å²) in [6.45, 7) is 4.88. The summed E-state index contributed by atoms with van der Waals surface area (Å²) < 4.78 is 29.3. The number of carbonyl (C=O) groups is 2. The second-order valence-corrected chi connectivity index (χ2v) is 14.1. The highest BCUT2D eigenvalue weighted by Gasteiger charge is 2.35. The first kappa shape index (κ1) is 34.3. The van der Waals surface area contributed by atoms with Crippen LogP contribution < -0.4 is 9.62 Å². The van der Waals surface area contributed by atoms with Crippen LogP contribution in [-0.2, 0) is 32.6 Å². The van der Waals surface area contributed by atoms with E-state index in [1.54, 1.807) is 36.4 Å². The normalized spacial score (nSPS) is 12.1. The summed E-state index contributed by atoms with van der Waals surface area (Å²) >= 11 is 18.9. The number of halogens is 3. The molecule has 0 spiro atoms. The molecule has 0 fully saturated rings. The molecule has 45 heavy (non-hydrogen) atoms. The Hall–Kier alpha value is -3.56. The van der Waals surface area contributed by atoms with E-state index in [0.717, 1.165) is 15.4 Å². The third-order valence-corrected chi connectivity index (χ3v) is 9.43. The zero-order valence-electron chi connectivity index (χ0n) is 25.1. The van der Waals surface area contributed by atoms with Crippen LogP contribution in [0.5, 0.6) is 0 Å². The molecule has 0 aliphatic rings. The number of hydrogen-bond donors (Lipinski definition) is 1. The molecule has 1 N–H and O–H groups in total. The van der Waals surface area contributed by atoms with E-state index in [1.165, 1.54) is 35.2 Å². The minimum absolute atomic E-state index is 0.00285. The first-order valence-corrected chi connectivity index (χ1v) is 16.8. The zero-order chi connectivity index (χ0) is 32.7. The molecule has 0 saturated carbocycles. The number of anilines is 1. The molecule has 4 aromatic rings. The smallest absolute Gasteiger partial charge is 0.264 e. The van der Waals surface area contributed by atoms with Crippen molar-refractivity contribution in [3.63, 3.8) is 0 Å². The second kappa shape index (κ2) is 15.1. The molecule has 7 nitrogen and oxygen atoms in total. The van der Waals surface area contributed by atoms with E-state index in [9.17, 15) is 18.0 Å². The Bertz CT molecular complexity index is 1730. The first-order valence-electron chi connectivity index (χ1n) is 14.3. The van der Waals surface area contributed by atoms with Crippen molar-refractivity contribution in [2.45, 2.75) is 50.7 Å². The number of carbonyl (C=O) groups excluding carboxylic acids is 2. The molecule has 0 aliphatic heterocycles. The van der Waals surface area contributed by atoms with E-state index in [0.29, 0.717) is 10.6 Å². The van der Waals surface area contributed by atoms with Crippen LogP contribution in [0.3, 0.4) is 0 Å². The van der Waals surface area contributed by atoms with E-state index in [-0.39, 0.29) is 45.5 Å². The molecule has 0 heterocycles. The quantitative estimate of drug-likeness (QED) is 0.169. The summed E-state index contributed by atoms with van der Waals surface area (Å²) in [7, 11) is -4.29. The molecule has 0 bridgehead atoms. The highest BCUT2D eigenvalue weighted by Crippen LogP contribution is 2.30. The van der Waals surface area contributed by atoms with Gasteiger partial charge in [-0.2, -0.15) is 0 Å². The van der Waals surface area contributed by atoms with E-state index in [2.05, 4.69) is 5.32 Å². The fourth-order valence-electron chi connectivity index (χ4n) is 4.82. The van der Waals surface area contributed by atoms with Crippen LogP contribution in [-0.4, -0.2) is 43.8 Å².